The van der Waals surface area contributed by atoms with Gasteiger partial charge >= 0.3 is 5.97 Å². The van der Waals surface area contributed by atoms with Crippen LogP contribution in [0.25, 0.3) is 0 Å². The molecule has 1 amide bonds. The van der Waals surface area contributed by atoms with E-state index in [4.69, 9.17) is 15.1 Å². The summed E-state index contributed by atoms with van der Waals surface area (Å²) < 4.78 is 5.33. The molecule has 3 N–H and O–H groups in total. The first-order valence-corrected chi connectivity index (χ1v) is 8.00. The van der Waals surface area contributed by atoms with E-state index in [9.17, 15) is 9.59 Å². The van der Waals surface area contributed by atoms with Gasteiger partial charge in [0.05, 0.1) is 6.61 Å². The Morgan fingerprint density at radius 1 is 1.32 bits per heavy atom. The van der Waals surface area contributed by atoms with Gasteiger partial charge in [-0.25, -0.2) is 4.79 Å². The third-order valence-electron chi connectivity index (χ3n) is 3.22. The molecular weight excluding hydrogens is 322 g/mol. The molecule has 0 aliphatic rings. The average molecular weight is 345 g/mol. The summed E-state index contributed by atoms with van der Waals surface area (Å²) in [6, 6.07) is 7.74. The number of carbonyl (C=O) groups is 2. The zero-order valence-corrected chi connectivity index (χ0v) is 14.6. The number of nitrogens with one attached hydrogen (secondary N) is 2. The van der Waals surface area contributed by atoms with Gasteiger partial charge in [-0.05, 0) is 43.5 Å². The largest absolute Gasteiger partial charge is 0.494 e. The van der Waals surface area contributed by atoms with E-state index < -0.39 is 17.9 Å². The van der Waals surface area contributed by atoms with Gasteiger partial charge in [0.1, 0.15) is 23.4 Å². The fourth-order valence-corrected chi connectivity index (χ4v) is 2.05. The van der Waals surface area contributed by atoms with Crippen molar-refractivity contribution in [1.29, 1.82) is 5.26 Å². The van der Waals surface area contributed by atoms with E-state index in [1.165, 1.54) is 6.20 Å². The number of amides is 1. The molecule has 134 valence electrons. The molecule has 0 aromatic heterocycles. The van der Waals surface area contributed by atoms with E-state index in [2.05, 4.69) is 10.6 Å². The van der Waals surface area contributed by atoms with Crippen molar-refractivity contribution < 1.29 is 19.4 Å². The lowest BCUT2D eigenvalue weighted by Crippen LogP contribution is -2.42. The molecule has 1 rings (SSSR count). The lowest BCUT2D eigenvalue weighted by molar-refractivity contribution is -0.141. The maximum Gasteiger partial charge on any atom is 0.326 e. The van der Waals surface area contributed by atoms with Crippen LogP contribution in [-0.2, 0) is 9.59 Å². The minimum absolute atomic E-state index is 0.0953. The highest BCUT2D eigenvalue weighted by Crippen LogP contribution is 2.16. The molecule has 0 aliphatic carbocycles. The number of rotatable bonds is 9. The van der Waals surface area contributed by atoms with E-state index in [0.29, 0.717) is 18.0 Å². The highest BCUT2D eigenvalue weighted by atomic mass is 16.5. The molecule has 25 heavy (non-hydrogen) atoms. The van der Waals surface area contributed by atoms with Crippen LogP contribution < -0.4 is 15.4 Å². The first kappa shape index (κ1) is 20.0. The molecule has 0 heterocycles. The summed E-state index contributed by atoms with van der Waals surface area (Å²) in [5, 5.41) is 23.5. The van der Waals surface area contributed by atoms with Gasteiger partial charge in [0.2, 0.25) is 0 Å². The fourth-order valence-electron chi connectivity index (χ4n) is 2.05. The van der Waals surface area contributed by atoms with Gasteiger partial charge in [-0.1, -0.05) is 13.8 Å². The number of carbonyl (C=O) groups excluding carboxylic acids is 1. The molecular formula is C18H23N3O4. The molecule has 1 unspecified atom stereocenters. The van der Waals surface area contributed by atoms with Crippen LogP contribution in [0.15, 0.2) is 36.0 Å². The zero-order valence-electron chi connectivity index (χ0n) is 14.6. The maximum atomic E-state index is 12.1. The number of nitrogens with zero attached hydrogens (tertiary/aromatic N) is 1. The lowest BCUT2D eigenvalue weighted by atomic mass is 10.0. The SMILES string of the molecule is CCOc1ccc(N/C=C(/C#N)C(=O)NC(CC(C)C)C(=O)O)cc1. The first-order valence-electron chi connectivity index (χ1n) is 8.00. The Balaban J connectivity index is 2.75. The maximum absolute atomic E-state index is 12.1. The second kappa shape index (κ2) is 9.98. The van der Waals surface area contributed by atoms with Crippen molar-refractivity contribution >= 4 is 17.6 Å². The average Bonchev–Trinajstić information content (AvgIpc) is 2.56. The molecule has 1 atom stereocenters. The highest BCUT2D eigenvalue weighted by molar-refractivity contribution is 5.99. The topological polar surface area (TPSA) is 111 Å². The predicted octanol–water partition coefficient (Wildman–Crippen LogP) is 2.52. The van der Waals surface area contributed by atoms with E-state index in [1.54, 1.807) is 30.3 Å². The predicted molar refractivity (Wildman–Crippen MR) is 94.0 cm³/mol. The van der Waals surface area contributed by atoms with Crippen molar-refractivity contribution in [2.45, 2.75) is 33.2 Å². The summed E-state index contributed by atoms with van der Waals surface area (Å²) in [4.78, 5) is 23.3. The van der Waals surface area contributed by atoms with Gasteiger partial charge in [-0.15, -0.1) is 0 Å². The molecule has 0 saturated carbocycles. The van der Waals surface area contributed by atoms with E-state index in [0.717, 1.165) is 0 Å². The van der Waals surface area contributed by atoms with Gasteiger partial charge in [0.25, 0.3) is 5.91 Å². The van der Waals surface area contributed by atoms with Crippen molar-refractivity contribution in [1.82, 2.24) is 5.32 Å². The number of aliphatic carboxylic acids is 1. The Hall–Kier alpha value is -3.01. The number of nitriles is 1. The van der Waals surface area contributed by atoms with Gasteiger partial charge in [-0.2, -0.15) is 5.26 Å². The molecule has 0 spiro atoms. The number of benzene rings is 1. The normalized spacial score (nSPS) is 12.2. The summed E-state index contributed by atoms with van der Waals surface area (Å²) in [6.45, 7) is 6.16. The second-order valence-electron chi connectivity index (χ2n) is 5.77. The third-order valence-corrected chi connectivity index (χ3v) is 3.22. The number of ether oxygens (including phenoxy) is 1. The third kappa shape index (κ3) is 6.96. The van der Waals surface area contributed by atoms with Crippen LogP contribution >= 0.6 is 0 Å². The van der Waals surface area contributed by atoms with Crippen LogP contribution in [0.3, 0.4) is 0 Å². The van der Waals surface area contributed by atoms with Crippen LogP contribution in [0.5, 0.6) is 5.75 Å². The zero-order chi connectivity index (χ0) is 18.8. The molecule has 0 fully saturated rings. The smallest absolute Gasteiger partial charge is 0.326 e. The van der Waals surface area contributed by atoms with Crippen LogP contribution in [-0.4, -0.2) is 29.6 Å². The number of carboxylic acid groups (broad SMARTS) is 1. The first-order chi connectivity index (χ1) is 11.9. The quantitative estimate of drug-likeness (QED) is 0.468. The van der Waals surface area contributed by atoms with Gasteiger partial charge < -0.3 is 20.5 Å². The van der Waals surface area contributed by atoms with E-state index >= 15 is 0 Å². The van der Waals surface area contributed by atoms with Crippen molar-refractivity contribution in [3.63, 3.8) is 0 Å². The van der Waals surface area contributed by atoms with Crippen molar-refractivity contribution in [3.05, 3.63) is 36.0 Å². The molecule has 0 aliphatic heterocycles. The summed E-state index contributed by atoms with van der Waals surface area (Å²) in [7, 11) is 0. The molecule has 1 aromatic rings. The van der Waals surface area contributed by atoms with E-state index in [1.807, 2.05) is 20.8 Å². The van der Waals surface area contributed by atoms with Crippen LogP contribution in [0.1, 0.15) is 27.2 Å². The number of hydrogen-bond acceptors (Lipinski definition) is 5. The molecule has 1 aromatic carbocycles. The number of carboxylic acids is 1. The second-order valence-corrected chi connectivity index (χ2v) is 5.77. The van der Waals surface area contributed by atoms with Crippen molar-refractivity contribution in [2.24, 2.45) is 5.92 Å². The van der Waals surface area contributed by atoms with Crippen LogP contribution in [0.4, 0.5) is 5.69 Å². The van der Waals surface area contributed by atoms with Gasteiger partial charge in [0.15, 0.2) is 0 Å². The lowest BCUT2D eigenvalue weighted by Gasteiger charge is -2.16. The van der Waals surface area contributed by atoms with Gasteiger partial charge in [-0.3, -0.25) is 4.79 Å². The minimum atomic E-state index is -1.13. The molecule has 0 radical (unpaired) electrons. The Morgan fingerprint density at radius 2 is 1.96 bits per heavy atom. The molecule has 7 nitrogen and oxygen atoms in total. The monoisotopic (exact) mass is 345 g/mol. The van der Waals surface area contributed by atoms with Crippen molar-refractivity contribution in [2.75, 3.05) is 11.9 Å². The highest BCUT2D eigenvalue weighted by Gasteiger charge is 2.22. The number of hydrogen-bond donors (Lipinski definition) is 3. The summed E-state index contributed by atoms with van der Waals surface area (Å²) in [5.41, 5.74) is 0.463. The fraction of sp³-hybridized carbons (Fsp3) is 0.389. The molecule has 0 bridgehead atoms. The van der Waals surface area contributed by atoms with E-state index in [-0.39, 0.29) is 17.9 Å². The Labute approximate surface area is 147 Å². The van der Waals surface area contributed by atoms with Crippen LogP contribution in [0.2, 0.25) is 0 Å². The number of anilines is 1. The summed E-state index contributed by atoms with van der Waals surface area (Å²) >= 11 is 0. The van der Waals surface area contributed by atoms with Crippen LogP contribution in [0, 0.1) is 17.2 Å². The standard InChI is InChI=1S/C18H23N3O4/c1-4-25-15-7-5-14(6-8-15)20-11-13(10-19)17(22)21-16(18(23)24)9-12(2)3/h5-8,11-12,16,20H,4,9H2,1-3H3,(H,21,22)(H,23,24)/b13-11-. The molecule has 7 heteroatoms. The van der Waals surface area contributed by atoms with Gasteiger partial charge in [0, 0.05) is 11.9 Å². The molecule has 0 saturated heterocycles. The van der Waals surface area contributed by atoms with Crippen molar-refractivity contribution in [3.8, 4) is 11.8 Å². The Kier molecular flexibility index (Phi) is 8.00. The Bertz CT molecular complexity index is 660. The Morgan fingerprint density at radius 3 is 2.44 bits per heavy atom. The summed E-state index contributed by atoms with van der Waals surface area (Å²) in [6.07, 6.45) is 1.53. The minimum Gasteiger partial charge on any atom is -0.494 e. The summed E-state index contributed by atoms with van der Waals surface area (Å²) in [5.74, 6) is -1.04.